The normalized spacial score (nSPS) is 16.8. The van der Waals surface area contributed by atoms with Crippen molar-refractivity contribution in [3.8, 4) is 0 Å². The van der Waals surface area contributed by atoms with Gasteiger partial charge in [0.15, 0.2) is 0 Å². The summed E-state index contributed by atoms with van der Waals surface area (Å²) in [6.45, 7) is 4.73. The molecule has 166 valence electrons. The summed E-state index contributed by atoms with van der Waals surface area (Å²) in [6, 6.07) is 10.6. The van der Waals surface area contributed by atoms with E-state index < -0.39 is 15.8 Å². The quantitative estimate of drug-likeness (QED) is 0.712. The van der Waals surface area contributed by atoms with E-state index in [1.807, 2.05) is 13.8 Å². The Hall–Kier alpha value is -2.94. The van der Waals surface area contributed by atoms with Crippen molar-refractivity contribution in [3.05, 3.63) is 59.9 Å². The second kappa shape index (κ2) is 9.47. The highest BCUT2D eigenvalue weighted by atomic mass is 32.2. The largest absolute Gasteiger partial charge is 0.354 e. The van der Waals surface area contributed by atoms with Crippen molar-refractivity contribution in [1.29, 1.82) is 0 Å². The molecule has 2 aromatic rings. The minimum Gasteiger partial charge on any atom is -0.354 e. The van der Waals surface area contributed by atoms with Crippen LogP contribution in [0.5, 0.6) is 0 Å². The fourth-order valence-corrected chi connectivity index (χ4v) is 4.53. The molecule has 0 aliphatic carbocycles. The summed E-state index contributed by atoms with van der Waals surface area (Å²) in [4.78, 5) is 26.7. The zero-order chi connectivity index (χ0) is 22.6. The Bertz CT molecular complexity index is 1040. The lowest BCUT2D eigenvalue weighted by Gasteiger charge is -2.32. The predicted molar refractivity (Wildman–Crippen MR) is 116 cm³/mol. The maximum absolute atomic E-state index is 13.0. The Balaban J connectivity index is 1.66. The van der Waals surface area contributed by atoms with Crippen LogP contribution in [0, 0.1) is 11.7 Å². The number of hydrogen-bond acceptors (Lipinski definition) is 4. The van der Waals surface area contributed by atoms with Crippen LogP contribution in [0.1, 0.15) is 37.0 Å². The summed E-state index contributed by atoms with van der Waals surface area (Å²) >= 11 is 0. The molecule has 0 bridgehead atoms. The summed E-state index contributed by atoms with van der Waals surface area (Å²) in [5.74, 6) is -1.00. The maximum Gasteiger partial charge on any atom is 0.261 e. The third-order valence-electron chi connectivity index (χ3n) is 5.02. The lowest BCUT2D eigenvalue weighted by molar-refractivity contribution is -0.126. The Morgan fingerprint density at radius 1 is 1.06 bits per heavy atom. The number of likely N-dealkylation sites (tertiary alicyclic amines) is 1. The van der Waals surface area contributed by atoms with Crippen LogP contribution >= 0.6 is 0 Å². The molecule has 0 saturated carbocycles. The van der Waals surface area contributed by atoms with Crippen LogP contribution in [0.4, 0.5) is 10.1 Å². The minimum atomic E-state index is -3.87. The molecule has 7 nitrogen and oxygen atoms in total. The van der Waals surface area contributed by atoms with Crippen LogP contribution in [-0.2, 0) is 14.8 Å². The van der Waals surface area contributed by atoms with E-state index in [1.54, 1.807) is 17.0 Å². The molecule has 2 aromatic carbocycles. The molecule has 1 aliphatic heterocycles. The van der Waals surface area contributed by atoms with Gasteiger partial charge in [-0.3, -0.25) is 14.3 Å². The van der Waals surface area contributed by atoms with Gasteiger partial charge < -0.3 is 10.2 Å². The van der Waals surface area contributed by atoms with E-state index in [9.17, 15) is 22.4 Å². The van der Waals surface area contributed by atoms with Gasteiger partial charge in [0, 0.05) is 30.4 Å². The van der Waals surface area contributed by atoms with Gasteiger partial charge in [-0.15, -0.1) is 0 Å². The first kappa shape index (κ1) is 22.7. The first-order valence-corrected chi connectivity index (χ1v) is 11.6. The highest BCUT2D eigenvalue weighted by Gasteiger charge is 2.29. The number of carbonyl (C=O) groups is 2. The number of nitrogens with zero attached hydrogens (tertiary/aromatic N) is 1. The van der Waals surface area contributed by atoms with Gasteiger partial charge in [0.2, 0.25) is 5.91 Å². The van der Waals surface area contributed by atoms with Gasteiger partial charge in [0.25, 0.3) is 15.9 Å². The molecule has 31 heavy (non-hydrogen) atoms. The van der Waals surface area contributed by atoms with Gasteiger partial charge in [-0.2, -0.15) is 0 Å². The van der Waals surface area contributed by atoms with E-state index in [2.05, 4.69) is 10.0 Å². The molecular formula is C22H26FN3O4S. The standard InChI is InChI=1S/C22H26FN3O4S/c1-15(2)24-21(27)17-4-3-13-26(14-17)22(28)16-5-9-19(10-6-16)25-31(29,30)20-11-7-18(23)8-12-20/h5-12,15,17,25H,3-4,13-14H2,1-2H3,(H,24,27). The van der Waals surface area contributed by atoms with Crippen LogP contribution in [0.3, 0.4) is 0 Å². The number of piperidine rings is 1. The number of carbonyl (C=O) groups excluding carboxylic acids is 2. The zero-order valence-corrected chi connectivity index (χ0v) is 18.3. The van der Waals surface area contributed by atoms with E-state index in [0.29, 0.717) is 18.7 Å². The van der Waals surface area contributed by atoms with Crippen LogP contribution in [-0.4, -0.2) is 44.3 Å². The first-order valence-electron chi connectivity index (χ1n) is 10.1. The molecule has 2 N–H and O–H groups in total. The number of anilines is 1. The Labute approximate surface area is 181 Å². The smallest absolute Gasteiger partial charge is 0.261 e. The second-order valence-electron chi connectivity index (χ2n) is 7.89. The molecule has 0 radical (unpaired) electrons. The Kier molecular flexibility index (Phi) is 6.94. The lowest BCUT2D eigenvalue weighted by Crippen LogP contribution is -2.46. The highest BCUT2D eigenvalue weighted by molar-refractivity contribution is 7.92. The van der Waals surface area contributed by atoms with Gasteiger partial charge in [0.1, 0.15) is 5.82 Å². The molecular weight excluding hydrogens is 421 g/mol. The molecule has 1 aliphatic rings. The Morgan fingerprint density at radius 2 is 1.71 bits per heavy atom. The Morgan fingerprint density at radius 3 is 2.32 bits per heavy atom. The van der Waals surface area contributed by atoms with Gasteiger partial charge in [-0.05, 0) is 75.2 Å². The predicted octanol–water partition coefficient (Wildman–Crippen LogP) is 3.00. The molecule has 1 heterocycles. The molecule has 2 amide bonds. The number of halogens is 1. The van der Waals surface area contributed by atoms with Crippen molar-refractivity contribution in [2.45, 2.75) is 37.6 Å². The van der Waals surface area contributed by atoms with Crippen molar-refractivity contribution in [3.63, 3.8) is 0 Å². The average molecular weight is 448 g/mol. The number of rotatable bonds is 6. The summed E-state index contributed by atoms with van der Waals surface area (Å²) in [5, 5.41) is 2.89. The van der Waals surface area contributed by atoms with Crippen molar-refractivity contribution in [2.75, 3.05) is 17.8 Å². The van der Waals surface area contributed by atoms with Gasteiger partial charge in [0.05, 0.1) is 10.8 Å². The highest BCUT2D eigenvalue weighted by Crippen LogP contribution is 2.21. The number of amides is 2. The summed E-state index contributed by atoms with van der Waals surface area (Å²) in [6.07, 6.45) is 1.49. The number of nitrogens with one attached hydrogen (secondary N) is 2. The third kappa shape index (κ3) is 5.81. The summed E-state index contributed by atoms with van der Waals surface area (Å²) in [7, 11) is -3.87. The molecule has 3 rings (SSSR count). The maximum atomic E-state index is 13.0. The van der Waals surface area contributed by atoms with Crippen LogP contribution in [0.15, 0.2) is 53.4 Å². The summed E-state index contributed by atoms with van der Waals surface area (Å²) < 4.78 is 40.3. The first-order chi connectivity index (χ1) is 14.7. The molecule has 1 unspecified atom stereocenters. The fraction of sp³-hybridized carbons (Fsp3) is 0.364. The topological polar surface area (TPSA) is 95.6 Å². The van der Waals surface area contributed by atoms with Gasteiger partial charge in [-0.25, -0.2) is 12.8 Å². The SMILES string of the molecule is CC(C)NC(=O)C1CCCN(C(=O)c2ccc(NS(=O)(=O)c3ccc(F)cc3)cc2)C1. The minimum absolute atomic E-state index is 0.0435. The molecule has 1 fully saturated rings. The van der Waals surface area contributed by atoms with Crippen LogP contribution in [0.2, 0.25) is 0 Å². The summed E-state index contributed by atoms with van der Waals surface area (Å²) in [5.41, 5.74) is 0.698. The molecule has 0 aromatic heterocycles. The van der Waals surface area contributed by atoms with Gasteiger partial charge >= 0.3 is 0 Å². The second-order valence-corrected chi connectivity index (χ2v) is 9.57. The van der Waals surface area contributed by atoms with Crippen molar-refractivity contribution in [1.82, 2.24) is 10.2 Å². The van der Waals surface area contributed by atoms with Crippen LogP contribution < -0.4 is 10.0 Å². The van der Waals surface area contributed by atoms with E-state index in [1.165, 1.54) is 24.3 Å². The molecule has 9 heteroatoms. The zero-order valence-electron chi connectivity index (χ0n) is 17.5. The monoisotopic (exact) mass is 447 g/mol. The van der Waals surface area contributed by atoms with Crippen LogP contribution in [0.25, 0.3) is 0 Å². The van der Waals surface area contributed by atoms with E-state index in [0.717, 1.165) is 25.0 Å². The lowest BCUT2D eigenvalue weighted by atomic mass is 9.96. The van der Waals surface area contributed by atoms with Crippen molar-refractivity contribution < 1.29 is 22.4 Å². The van der Waals surface area contributed by atoms with Crippen molar-refractivity contribution in [2.24, 2.45) is 5.92 Å². The van der Waals surface area contributed by atoms with Crippen molar-refractivity contribution >= 4 is 27.5 Å². The number of hydrogen-bond donors (Lipinski definition) is 2. The molecule has 1 atom stereocenters. The fourth-order valence-electron chi connectivity index (χ4n) is 3.47. The third-order valence-corrected chi connectivity index (χ3v) is 6.42. The number of sulfonamides is 1. The molecule has 1 saturated heterocycles. The molecule has 0 spiro atoms. The van der Waals surface area contributed by atoms with E-state index in [-0.39, 0.29) is 34.4 Å². The average Bonchev–Trinajstić information content (AvgIpc) is 2.73. The van der Waals surface area contributed by atoms with E-state index >= 15 is 0 Å². The van der Waals surface area contributed by atoms with E-state index in [4.69, 9.17) is 0 Å². The number of benzene rings is 2. The van der Waals surface area contributed by atoms with Gasteiger partial charge in [-0.1, -0.05) is 0 Å².